The Morgan fingerprint density at radius 1 is 1.07 bits per heavy atom. The smallest absolute Gasteiger partial charge is 0.252 e. The summed E-state index contributed by atoms with van der Waals surface area (Å²) in [6, 6.07) is 14.8. The first-order valence-corrected chi connectivity index (χ1v) is 9.21. The zero-order valence-electron chi connectivity index (χ0n) is 14.4. The normalized spacial score (nSPS) is 10.9. The quantitative estimate of drug-likeness (QED) is 0.420. The molecule has 0 spiro atoms. The second-order valence-electron chi connectivity index (χ2n) is 5.82. The molecule has 134 valence electrons. The molecule has 0 saturated heterocycles. The van der Waals surface area contributed by atoms with Crippen LogP contribution in [0.25, 0.3) is 22.8 Å². The molecule has 7 nitrogen and oxygen atoms in total. The van der Waals surface area contributed by atoms with Gasteiger partial charge in [0.05, 0.1) is 17.1 Å². The minimum Gasteiger partial charge on any atom is -0.338 e. The van der Waals surface area contributed by atoms with Crippen LogP contribution >= 0.6 is 11.8 Å². The van der Waals surface area contributed by atoms with E-state index in [9.17, 15) is 4.79 Å². The van der Waals surface area contributed by atoms with Gasteiger partial charge in [-0.25, -0.2) is 4.98 Å². The Morgan fingerprint density at radius 2 is 2.00 bits per heavy atom. The summed E-state index contributed by atoms with van der Waals surface area (Å²) in [5.41, 5.74) is 2.96. The van der Waals surface area contributed by atoms with Gasteiger partial charge in [0.1, 0.15) is 0 Å². The van der Waals surface area contributed by atoms with Gasteiger partial charge in [-0.05, 0) is 25.1 Å². The summed E-state index contributed by atoms with van der Waals surface area (Å²) in [5, 5.41) is 4.49. The van der Waals surface area contributed by atoms with Gasteiger partial charge in [-0.15, -0.1) is 0 Å². The molecular weight excluding hydrogens is 362 g/mol. The number of hydrogen-bond acceptors (Lipinski definition) is 7. The second kappa shape index (κ2) is 7.55. The van der Waals surface area contributed by atoms with Crippen LogP contribution in [0.3, 0.4) is 0 Å². The van der Waals surface area contributed by atoms with Gasteiger partial charge in [0, 0.05) is 17.8 Å². The van der Waals surface area contributed by atoms with Crippen molar-refractivity contribution in [1.29, 1.82) is 0 Å². The highest BCUT2D eigenvalue weighted by Crippen LogP contribution is 2.22. The van der Waals surface area contributed by atoms with E-state index in [2.05, 4.69) is 25.1 Å². The summed E-state index contributed by atoms with van der Waals surface area (Å²) >= 11 is 1.32. The number of hydrogen-bond donors (Lipinski definition) is 1. The predicted octanol–water partition coefficient (Wildman–Crippen LogP) is 3.48. The first-order chi connectivity index (χ1) is 13.2. The number of nitrogens with zero attached hydrogens (tertiary/aromatic N) is 4. The van der Waals surface area contributed by atoms with E-state index >= 15 is 0 Å². The molecule has 1 N–H and O–H groups in total. The molecule has 0 unspecified atom stereocenters. The Labute approximate surface area is 158 Å². The van der Waals surface area contributed by atoms with Crippen LogP contribution in [0, 0.1) is 6.92 Å². The highest BCUT2D eigenvalue weighted by Gasteiger charge is 2.11. The molecule has 0 radical (unpaired) electrons. The van der Waals surface area contributed by atoms with E-state index in [0.29, 0.717) is 34.0 Å². The summed E-state index contributed by atoms with van der Waals surface area (Å²) in [4.78, 5) is 27.7. The Bertz CT molecular complexity index is 1120. The Morgan fingerprint density at radius 3 is 2.81 bits per heavy atom. The van der Waals surface area contributed by atoms with Gasteiger partial charge in [-0.2, -0.15) is 4.98 Å². The summed E-state index contributed by atoms with van der Waals surface area (Å²) in [6.45, 7) is 2.01. The fraction of sp³-hybridized carbons (Fsp3) is 0.105. The van der Waals surface area contributed by atoms with Gasteiger partial charge in [0.15, 0.2) is 5.16 Å². The van der Waals surface area contributed by atoms with Crippen LogP contribution in [0.4, 0.5) is 0 Å². The van der Waals surface area contributed by atoms with Crippen LogP contribution in [0.1, 0.15) is 11.5 Å². The molecule has 3 aromatic heterocycles. The van der Waals surface area contributed by atoms with Gasteiger partial charge in [0.2, 0.25) is 11.7 Å². The van der Waals surface area contributed by atoms with Crippen molar-refractivity contribution in [2.75, 3.05) is 0 Å². The number of pyridine rings is 1. The molecule has 27 heavy (non-hydrogen) atoms. The van der Waals surface area contributed by atoms with Gasteiger partial charge in [-0.3, -0.25) is 9.78 Å². The fourth-order valence-electron chi connectivity index (χ4n) is 2.49. The van der Waals surface area contributed by atoms with Crippen molar-refractivity contribution in [3.63, 3.8) is 0 Å². The molecule has 1 aromatic carbocycles. The van der Waals surface area contributed by atoms with Crippen LogP contribution in [-0.2, 0) is 5.75 Å². The van der Waals surface area contributed by atoms with Crippen molar-refractivity contribution in [3.8, 4) is 22.8 Å². The first kappa shape index (κ1) is 17.2. The molecule has 0 aliphatic heterocycles. The largest absolute Gasteiger partial charge is 0.338 e. The third kappa shape index (κ3) is 4.12. The summed E-state index contributed by atoms with van der Waals surface area (Å²) in [5.74, 6) is 1.40. The molecule has 0 aliphatic carbocycles. The SMILES string of the molecule is Cc1cccc(-c2noc(CSc3nc(-c4ccccn4)cc(=O)[nH]3)n2)c1. The zero-order valence-corrected chi connectivity index (χ0v) is 15.2. The lowest BCUT2D eigenvalue weighted by Gasteiger charge is -2.02. The highest BCUT2D eigenvalue weighted by molar-refractivity contribution is 7.98. The van der Waals surface area contributed by atoms with Crippen LogP contribution in [0.5, 0.6) is 0 Å². The molecule has 0 bridgehead atoms. The number of H-pyrrole nitrogens is 1. The van der Waals surface area contributed by atoms with Crippen LogP contribution < -0.4 is 5.56 Å². The highest BCUT2D eigenvalue weighted by atomic mass is 32.2. The van der Waals surface area contributed by atoms with Gasteiger partial charge < -0.3 is 9.51 Å². The van der Waals surface area contributed by atoms with E-state index in [1.807, 2.05) is 49.4 Å². The average Bonchev–Trinajstić information content (AvgIpc) is 3.16. The van der Waals surface area contributed by atoms with E-state index in [1.54, 1.807) is 6.20 Å². The van der Waals surface area contributed by atoms with Crippen molar-refractivity contribution >= 4 is 11.8 Å². The number of benzene rings is 1. The van der Waals surface area contributed by atoms with Gasteiger partial charge >= 0.3 is 0 Å². The van der Waals surface area contributed by atoms with Gasteiger partial charge in [0.25, 0.3) is 5.56 Å². The summed E-state index contributed by atoms with van der Waals surface area (Å²) in [6.07, 6.45) is 1.66. The Hall–Kier alpha value is -3.26. The van der Waals surface area contributed by atoms with Crippen molar-refractivity contribution in [2.45, 2.75) is 17.8 Å². The van der Waals surface area contributed by atoms with E-state index < -0.39 is 0 Å². The third-order valence-electron chi connectivity index (χ3n) is 3.72. The van der Waals surface area contributed by atoms with Crippen molar-refractivity contribution in [3.05, 3.63) is 76.5 Å². The standard InChI is InChI=1S/C19H15N5O2S/c1-12-5-4-6-13(9-12)18-23-17(26-24-18)11-27-19-21-15(10-16(25)22-19)14-7-2-3-8-20-14/h2-10H,11H2,1H3,(H,21,22,25). The molecular formula is C19H15N5O2S. The Balaban J connectivity index is 1.51. The maximum absolute atomic E-state index is 11.9. The van der Waals surface area contributed by atoms with E-state index in [-0.39, 0.29) is 5.56 Å². The molecule has 0 amide bonds. The number of aromatic nitrogens is 5. The topological polar surface area (TPSA) is 97.6 Å². The number of rotatable bonds is 5. The maximum atomic E-state index is 11.9. The number of aryl methyl sites for hydroxylation is 1. The molecule has 0 fully saturated rings. The number of nitrogens with one attached hydrogen (secondary N) is 1. The molecule has 0 aliphatic rings. The molecule has 8 heteroatoms. The molecule has 0 atom stereocenters. The molecule has 3 heterocycles. The monoisotopic (exact) mass is 377 g/mol. The Kier molecular flexibility index (Phi) is 4.80. The lowest BCUT2D eigenvalue weighted by atomic mass is 10.1. The minimum atomic E-state index is -0.237. The van der Waals surface area contributed by atoms with E-state index in [4.69, 9.17) is 4.52 Å². The number of aromatic amines is 1. The van der Waals surface area contributed by atoms with E-state index in [0.717, 1.165) is 11.1 Å². The predicted molar refractivity (Wildman–Crippen MR) is 102 cm³/mol. The second-order valence-corrected chi connectivity index (χ2v) is 6.78. The first-order valence-electron chi connectivity index (χ1n) is 8.22. The molecule has 4 rings (SSSR count). The number of thioether (sulfide) groups is 1. The third-order valence-corrected chi connectivity index (χ3v) is 4.58. The van der Waals surface area contributed by atoms with Crippen molar-refractivity contribution in [1.82, 2.24) is 25.1 Å². The fourth-order valence-corrected chi connectivity index (χ4v) is 3.21. The lowest BCUT2D eigenvalue weighted by molar-refractivity contribution is 0.391. The van der Waals surface area contributed by atoms with E-state index in [1.165, 1.54) is 17.8 Å². The van der Waals surface area contributed by atoms with Crippen molar-refractivity contribution in [2.24, 2.45) is 0 Å². The van der Waals surface area contributed by atoms with Crippen LogP contribution in [-0.4, -0.2) is 25.1 Å². The lowest BCUT2D eigenvalue weighted by Crippen LogP contribution is -2.08. The van der Waals surface area contributed by atoms with Gasteiger partial charge in [-0.1, -0.05) is 46.7 Å². The minimum absolute atomic E-state index is 0.237. The summed E-state index contributed by atoms with van der Waals surface area (Å²) in [7, 11) is 0. The van der Waals surface area contributed by atoms with Crippen LogP contribution in [0.2, 0.25) is 0 Å². The maximum Gasteiger partial charge on any atom is 0.252 e. The summed E-state index contributed by atoms with van der Waals surface area (Å²) < 4.78 is 5.31. The molecule has 4 aromatic rings. The zero-order chi connectivity index (χ0) is 18.6. The van der Waals surface area contributed by atoms with Crippen molar-refractivity contribution < 1.29 is 4.52 Å². The van der Waals surface area contributed by atoms with Crippen LogP contribution in [0.15, 0.2) is 69.2 Å². The molecule has 0 saturated carbocycles. The average molecular weight is 377 g/mol.